The van der Waals surface area contributed by atoms with Crippen LogP contribution in [0.2, 0.25) is 0 Å². The third-order valence-electron chi connectivity index (χ3n) is 5.97. The molecular formula is C22H24F3NO2. The topological polar surface area (TPSA) is 32.7 Å². The van der Waals surface area contributed by atoms with Crippen molar-refractivity contribution in [1.82, 2.24) is 4.90 Å². The molecule has 2 atom stereocenters. The first-order valence-electron chi connectivity index (χ1n) is 9.54. The number of fused-ring (bicyclic) bond motifs is 2. The van der Waals surface area contributed by atoms with Gasteiger partial charge in [-0.05, 0) is 48.6 Å². The van der Waals surface area contributed by atoms with Gasteiger partial charge in [0.25, 0.3) is 0 Å². The molecule has 2 fully saturated rings. The first-order valence-corrected chi connectivity index (χ1v) is 9.54. The summed E-state index contributed by atoms with van der Waals surface area (Å²) in [5.41, 5.74) is 0.461. The molecule has 0 radical (unpaired) electrons. The molecule has 3 nitrogen and oxygen atoms in total. The maximum absolute atomic E-state index is 13.0. The first-order chi connectivity index (χ1) is 13.3. The fourth-order valence-corrected chi connectivity index (χ4v) is 4.68. The van der Waals surface area contributed by atoms with Gasteiger partial charge >= 0.3 is 6.18 Å². The van der Waals surface area contributed by atoms with Crippen LogP contribution in [0.5, 0.6) is 0 Å². The molecule has 0 aromatic heterocycles. The largest absolute Gasteiger partial charge is 0.416 e. The van der Waals surface area contributed by atoms with Crippen molar-refractivity contribution in [2.45, 2.75) is 50.2 Å². The quantitative estimate of drug-likeness (QED) is 0.849. The highest BCUT2D eigenvalue weighted by molar-refractivity contribution is 5.37. The maximum atomic E-state index is 13.0. The Bertz CT molecular complexity index is 823. The molecule has 0 aliphatic carbocycles. The van der Waals surface area contributed by atoms with E-state index in [1.807, 2.05) is 18.2 Å². The second kappa shape index (κ2) is 7.17. The number of aryl methyl sites for hydroxylation is 1. The van der Waals surface area contributed by atoms with E-state index in [1.54, 1.807) is 6.92 Å². The molecule has 28 heavy (non-hydrogen) atoms. The van der Waals surface area contributed by atoms with Gasteiger partial charge in [-0.2, -0.15) is 13.2 Å². The molecular weight excluding hydrogens is 367 g/mol. The number of morpholine rings is 1. The van der Waals surface area contributed by atoms with Gasteiger partial charge in [0.1, 0.15) is 0 Å². The van der Waals surface area contributed by atoms with Crippen molar-refractivity contribution in [3.05, 3.63) is 70.8 Å². The van der Waals surface area contributed by atoms with E-state index in [0.717, 1.165) is 18.7 Å². The smallest absolute Gasteiger partial charge is 0.385 e. The summed E-state index contributed by atoms with van der Waals surface area (Å²) in [4.78, 5) is 2.37. The van der Waals surface area contributed by atoms with Gasteiger partial charge < -0.3 is 9.84 Å². The number of rotatable bonds is 3. The number of nitrogens with zero attached hydrogens (tertiary/aromatic N) is 1. The molecule has 150 valence electrons. The van der Waals surface area contributed by atoms with Crippen LogP contribution >= 0.6 is 0 Å². The van der Waals surface area contributed by atoms with Gasteiger partial charge in [0, 0.05) is 18.6 Å². The zero-order valence-corrected chi connectivity index (χ0v) is 15.7. The van der Waals surface area contributed by atoms with Gasteiger partial charge in [-0.15, -0.1) is 0 Å². The van der Waals surface area contributed by atoms with Crippen molar-refractivity contribution < 1.29 is 23.0 Å². The summed E-state index contributed by atoms with van der Waals surface area (Å²) in [6, 6.07) is 13.9. The molecule has 2 heterocycles. The fraction of sp³-hybridized carbons (Fsp3) is 0.455. The van der Waals surface area contributed by atoms with Gasteiger partial charge in [0.15, 0.2) is 0 Å². The highest BCUT2D eigenvalue weighted by Crippen LogP contribution is 2.43. The number of hydrogen-bond acceptors (Lipinski definition) is 3. The molecule has 2 aliphatic rings. The van der Waals surface area contributed by atoms with E-state index in [1.165, 1.54) is 11.6 Å². The molecule has 2 saturated heterocycles. The van der Waals surface area contributed by atoms with Crippen LogP contribution in [0.25, 0.3) is 0 Å². The summed E-state index contributed by atoms with van der Waals surface area (Å²) in [5, 5.41) is 11.4. The van der Waals surface area contributed by atoms with E-state index in [2.05, 4.69) is 17.0 Å². The van der Waals surface area contributed by atoms with Crippen molar-refractivity contribution in [2.24, 2.45) is 0 Å². The molecule has 0 saturated carbocycles. The Labute approximate surface area is 162 Å². The molecule has 4 rings (SSSR count). The second-order valence-electron chi connectivity index (χ2n) is 7.97. The molecule has 2 unspecified atom stereocenters. The average molecular weight is 391 g/mol. The summed E-state index contributed by atoms with van der Waals surface area (Å²) in [6.07, 6.45) is -3.49. The van der Waals surface area contributed by atoms with E-state index in [9.17, 15) is 18.3 Å². The number of benzene rings is 2. The van der Waals surface area contributed by atoms with Crippen molar-refractivity contribution in [2.75, 3.05) is 13.2 Å². The van der Waals surface area contributed by atoms with Crippen LogP contribution in [-0.2, 0) is 23.1 Å². The minimum Gasteiger partial charge on any atom is -0.385 e. The number of ether oxygens (including phenoxy) is 1. The Morgan fingerprint density at radius 2 is 1.71 bits per heavy atom. The zero-order chi connectivity index (χ0) is 19.9. The van der Waals surface area contributed by atoms with Crippen LogP contribution < -0.4 is 0 Å². The lowest BCUT2D eigenvalue weighted by atomic mass is 9.75. The number of hydrogen-bond donors (Lipinski definition) is 1. The number of halogens is 3. The Morgan fingerprint density at radius 3 is 2.29 bits per heavy atom. The molecule has 0 amide bonds. The van der Waals surface area contributed by atoms with Crippen LogP contribution in [0.1, 0.15) is 35.1 Å². The van der Waals surface area contributed by atoms with Crippen LogP contribution in [0.3, 0.4) is 0 Å². The van der Waals surface area contributed by atoms with Crippen LogP contribution in [0, 0.1) is 6.92 Å². The lowest BCUT2D eigenvalue weighted by molar-refractivity contribution is -0.150. The fourth-order valence-electron chi connectivity index (χ4n) is 4.68. The molecule has 2 aromatic rings. The highest BCUT2D eigenvalue weighted by atomic mass is 19.4. The molecule has 0 spiro atoms. The van der Waals surface area contributed by atoms with Gasteiger partial charge in [-0.3, -0.25) is 4.90 Å². The van der Waals surface area contributed by atoms with Crippen molar-refractivity contribution >= 4 is 0 Å². The van der Waals surface area contributed by atoms with Gasteiger partial charge in [-0.1, -0.05) is 36.4 Å². The minimum atomic E-state index is -4.38. The Balaban J connectivity index is 1.59. The lowest BCUT2D eigenvalue weighted by Crippen LogP contribution is -2.60. The molecule has 2 aromatic carbocycles. The van der Waals surface area contributed by atoms with Crippen LogP contribution in [0.4, 0.5) is 13.2 Å². The van der Waals surface area contributed by atoms with E-state index in [4.69, 9.17) is 4.74 Å². The predicted molar refractivity (Wildman–Crippen MR) is 99.7 cm³/mol. The Morgan fingerprint density at radius 1 is 1.07 bits per heavy atom. The van der Waals surface area contributed by atoms with Crippen molar-refractivity contribution in [1.29, 1.82) is 0 Å². The summed E-state index contributed by atoms with van der Waals surface area (Å²) >= 11 is 0. The third-order valence-corrected chi connectivity index (χ3v) is 5.97. The monoisotopic (exact) mass is 391 g/mol. The third kappa shape index (κ3) is 3.69. The van der Waals surface area contributed by atoms with Gasteiger partial charge in [0.05, 0.1) is 24.4 Å². The maximum Gasteiger partial charge on any atom is 0.416 e. The zero-order valence-electron chi connectivity index (χ0n) is 15.7. The summed E-state index contributed by atoms with van der Waals surface area (Å²) in [7, 11) is 0. The van der Waals surface area contributed by atoms with E-state index in [-0.39, 0.29) is 12.1 Å². The standard InChI is InChI=1S/C22H24F3NO2/c1-15-9-17(22(23,24)25)7-8-20(15)21(27)10-18-13-28-14-19(11-21)26(18)12-16-5-3-2-4-6-16/h2-9,18-19,27H,10-14H2,1H3. The Kier molecular flexibility index (Phi) is 4.98. The number of aliphatic hydroxyl groups is 1. The second-order valence-corrected chi connectivity index (χ2v) is 7.97. The average Bonchev–Trinajstić information content (AvgIpc) is 2.62. The van der Waals surface area contributed by atoms with Crippen molar-refractivity contribution in [3.63, 3.8) is 0 Å². The van der Waals surface area contributed by atoms with E-state index >= 15 is 0 Å². The molecule has 6 heteroatoms. The molecule has 1 N–H and O–H groups in total. The van der Waals surface area contributed by atoms with Crippen LogP contribution in [0.15, 0.2) is 48.5 Å². The van der Waals surface area contributed by atoms with Crippen molar-refractivity contribution in [3.8, 4) is 0 Å². The number of alkyl halides is 3. The summed E-state index contributed by atoms with van der Waals surface area (Å²) in [5.74, 6) is 0. The van der Waals surface area contributed by atoms with Crippen LogP contribution in [-0.4, -0.2) is 35.3 Å². The Hall–Kier alpha value is -1.89. The summed E-state index contributed by atoms with van der Waals surface area (Å²) in [6.45, 7) is 3.46. The van der Waals surface area contributed by atoms with Gasteiger partial charge in [0.2, 0.25) is 0 Å². The minimum absolute atomic E-state index is 0.0272. The highest BCUT2D eigenvalue weighted by Gasteiger charge is 2.47. The normalized spacial score (nSPS) is 28.3. The SMILES string of the molecule is Cc1cc(C(F)(F)F)ccc1C1(O)CC2COCC(C1)N2Cc1ccccc1. The lowest BCUT2D eigenvalue weighted by Gasteiger charge is -2.52. The summed E-state index contributed by atoms with van der Waals surface area (Å²) < 4.78 is 44.7. The van der Waals surface area contributed by atoms with E-state index < -0.39 is 17.3 Å². The first kappa shape index (κ1) is 19.4. The van der Waals surface area contributed by atoms with Gasteiger partial charge in [-0.25, -0.2) is 0 Å². The van der Waals surface area contributed by atoms with E-state index in [0.29, 0.717) is 37.2 Å². The predicted octanol–water partition coefficient (Wildman–Crippen LogP) is 4.26. The molecule has 2 aliphatic heterocycles. The molecule has 2 bridgehead atoms. The number of piperidine rings is 1.